The lowest BCUT2D eigenvalue weighted by atomic mass is 9.84. The molecule has 0 unspecified atom stereocenters. The summed E-state index contributed by atoms with van der Waals surface area (Å²) in [4.78, 5) is 94.0. The topological polar surface area (TPSA) is 203 Å². The molecular formula is C45H70O16. The van der Waals surface area contributed by atoms with Gasteiger partial charge in [0.1, 0.15) is 25.4 Å². The maximum absolute atomic E-state index is 13.8. The Morgan fingerprint density at radius 1 is 0.541 bits per heavy atom. The summed E-state index contributed by atoms with van der Waals surface area (Å²) in [7, 11) is 0. The third-order valence-electron chi connectivity index (χ3n) is 9.89. The molecule has 0 amide bonds. The van der Waals surface area contributed by atoms with Gasteiger partial charge in [0.15, 0.2) is 18.3 Å². The Hall–Kier alpha value is -4.05. The first-order valence-corrected chi connectivity index (χ1v) is 20.8. The zero-order valence-electron chi connectivity index (χ0n) is 39.4. The molecule has 0 bridgehead atoms. The van der Waals surface area contributed by atoms with Crippen LogP contribution in [0.2, 0.25) is 0 Å². The van der Waals surface area contributed by atoms with Crippen molar-refractivity contribution in [1.29, 1.82) is 0 Å². The zero-order valence-corrected chi connectivity index (χ0v) is 39.4. The summed E-state index contributed by atoms with van der Waals surface area (Å²) in [5.74, 6) is -6.41. The predicted molar refractivity (Wildman–Crippen MR) is 217 cm³/mol. The molecule has 0 aromatic carbocycles. The molecule has 2 saturated heterocycles. The smallest absolute Gasteiger partial charge is 0.311 e. The number of carbonyl (C=O) groups is 7. The molecule has 3 aliphatic rings. The largest absolute Gasteiger partial charge is 0.462 e. The lowest BCUT2D eigenvalue weighted by Gasteiger charge is -2.47. The van der Waals surface area contributed by atoms with Gasteiger partial charge in [-0.1, -0.05) is 0 Å². The molecule has 0 saturated carbocycles. The van der Waals surface area contributed by atoms with Gasteiger partial charge in [-0.15, -0.1) is 0 Å². The molecule has 2 heterocycles. The Bertz CT molecular complexity index is 1700. The molecule has 0 N–H and O–H groups in total. The monoisotopic (exact) mass is 866 g/mol. The van der Waals surface area contributed by atoms with Crippen LogP contribution < -0.4 is 0 Å². The summed E-state index contributed by atoms with van der Waals surface area (Å²) in [6, 6.07) is 0. The highest BCUT2D eigenvalue weighted by Crippen LogP contribution is 2.46. The molecule has 16 nitrogen and oxygen atoms in total. The number of hydrogen-bond donors (Lipinski definition) is 0. The number of cyclic esters (lactones) is 1. The number of hydrogen-bond acceptors (Lipinski definition) is 16. The van der Waals surface area contributed by atoms with Crippen molar-refractivity contribution in [1.82, 2.24) is 0 Å². The Balaban J connectivity index is 2.25. The fourth-order valence-electron chi connectivity index (χ4n) is 5.96. The molecule has 16 heteroatoms. The van der Waals surface area contributed by atoms with Crippen LogP contribution in [0.5, 0.6) is 0 Å². The first-order valence-electron chi connectivity index (χ1n) is 20.8. The first kappa shape index (κ1) is 51.3. The molecule has 2 fully saturated rings. The van der Waals surface area contributed by atoms with Crippen LogP contribution in [0.15, 0.2) is 11.6 Å². The molecule has 2 aliphatic heterocycles. The average Bonchev–Trinajstić information content (AvgIpc) is 3.42. The fourth-order valence-corrected chi connectivity index (χ4v) is 5.96. The van der Waals surface area contributed by atoms with Crippen LogP contribution in [0, 0.1) is 44.3 Å². The Kier molecular flexibility index (Phi) is 15.4. The average molecular weight is 867 g/mol. The second-order valence-electron chi connectivity index (χ2n) is 22.3. The third-order valence-corrected chi connectivity index (χ3v) is 9.89. The van der Waals surface area contributed by atoms with Crippen molar-refractivity contribution in [2.45, 2.75) is 174 Å². The van der Waals surface area contributed by atoms with E-state index in [4.69, 9.17) is 42.6 Å². The number of esters is 7. The van der Waals surface area contributed by atoms with Crippen molar-refractivity contribution in [2.75, 3.05) is 13.2 Å². The molecule has 0 spiro atoms. The van der Waals surface area contributed by atoms with Crippen LogP contribution in [0.25, 0.3) is 0 Å². The molecule has 1 aliphatic carbocycles. The Labute approximate surface area is 360 Å². The molecule has 9 atom stereocenters. The van der Waals surface area contributed by atoms with Crippen molar-refractivity contribution in [3.8, 4) is 0 Å². The summed E-state index contributed by atoms with van der Waals surface area (Å²) >= 11 is 0. The predicted octanol–water partition coefficient (Wildman–Crippen LogP) is 6.18. The zero-order chi connectivity index (χ0) is 47.0. The van der Waals surface area contributed by atoms with Crippen molar-refractivity contribution in [3.05, 3.63) is 11.6 Å². The number of fused-ring (bicyclic) bond motifs is 1. The summed E-state index contributed by atoms with van der Waals surface area (Å²) in [5.41, 5.74) is -5.68. The minimum absolute atomic E-state index is 0.212. The molecule has 3 rings (SSSR count). The van der Waals surface area contributed by atoms with Gasteiger partial charge in [0.25, 0.3) is 0 Å². The highest BCUT2D eigenvalue weighted by atomic mass is 16.8. The van der Waals surface area contributed by atoms with Crippen LogP contribution in [0.4, 0.5) is 0 Å². The minimum atomic E-state index is -1.75. The lowest BCUT2D eigenvalue weighted by Crippen LogP contribution is -2.65. The van der Waals surface area contributed by atoms with E-state index in [-0.39, 0.29) is 13.0 Å². The number of rotatable bonds is 10. The van der Waals surface area contributed by atoms with Gasteiger partial charge in [0.2, 0.25) is 12.6 Å². The van der Waals surface area contributed by atoms with Crippen molar-refractivity contribution >= 4 is 41.8 Å². The van der Waals surface area contributed by atoms with Crippen molar-refractivity contribution in [2.24, 2.45) is 44.3 Å². The van der Waals surface area contributed by atoms with Gasteiger partial charge in [0, 0.05) is 5.92 Å². The SMILES string of the molecule is CC(C)(C)C(=O)OCC1=C[C@@H](OC(=O)C(C)(C)C)[C@@H]2CC(=O)O[C@@H](O[C@@H]3O[C@H](COC(=O)C(C)(C)C)[C@@H](OC(=O)C(C)(C)C)[C@H](OC(=O)C(C)(C)C)[C@H]3OC(=O)C(C)(C)C)[C@H]12. The number of carbonyl (C=O) groups excluding carboxylic acids is 7. The standard InChI is InChI=1S/C45H70O16/c1-40(2,3)34(47)53-21-23-19-25(56-36(49)42(7,8)9)24-20-27(46)57-32(28(23)24)61-33-31(60-39(52)45(16,17)18)30(59-38(51)44(13,14)15)29(58-37(50)43(10,11)12)26(55-33)22-54-35(48)41(4,5)6/h19,24-26,28-33H,20-22H2,1-18H3/t24-,25+,26+,28+,29+,30-,31+,32-,33-/m0/s1. The maximum atomic E-state index is 13.8. The van der Waals surface area contributed by atoms with Gasteiger partial charge < -0.3 is 42.6 Å². The van der Waals surface area contributed by atoms with E-state index in [2.05, 4.69) is 0 Å². The van der Waals surface area contributed by atoms with Crippen LogP contribution in [-0.4, -0.2) is 98.1 Å². The summed E-state index contributed by atoms with van der Waals surface area (Å²) in [5, 5.41) is 0. The normalized spacial score (nSPS) is 27.4. The summed E-state index contributed by atoms with van der Waals surface area (Å²) < 4.78 is 54.5. The van der Waals surface area contributed by atoms with E-state index in [1.54, 1.807) is 131 Å². The van der Waals surface area contributed by atoms with E-state index in [9.17, 15) is 33.6 Å². The second-order valence-corrected chi connectivity index (χ2v) is 22.3. The van der Waals surface area contributed by atoms with Gasteiger partial charge in [-0.05, 0) is 136 Å². The molecule has 61 heavy (non-hydrogen) atoms. The van der Waals surface area contributed by atoms with E-state index in [1.165, 1.54) is 0 Å². The van der Waals surface area contributed by atoms with Crippen molar-refractivity contribution < 1.29 is 76.2 Å². The van der Waals surface area contributed by atoms with E-state index in [0.717, 1.165) is 0 Å². The van der Waals surface area contributed by atoms with Gasteiger partial charge in [-0.3, -0.25) is 33.6 Å². The van der Waals surface area contributed by atoms with Crippen LogP contribution in [0.1, 0.15) is 131 Å². The van der Waals surface area contributed by atoms with Gasteiger partial charge in [-0.2, -0.15) is 0 Å². The van der Waals surface area contributed by atoms with Gasteiger partial charge >= 0.3 is 41.8 Å². The highest BCUT2D eigenvalue weighted by molar-refractivity contribution is 5.79. The lowest BCUT2D eigenvalue weighted by molar-refractivity contribution is -0.347. The molecular weight excluding hydrogens is 796 g/mol. The second kappa shape index (κ2) is 18.4. The Morgan fingerprint density at radius 3 is 1.41 bits per heavy atom. The molecule has 0 aromatic heterocycles. The first-order chi connectivity index (χ1) is 27.4. The highest BCUT2D eigenvalue weighted by Gasteiger charge is 2.58. The van der Waals surface area contributed by atoms with Crippen LogP contribution >= 0.6 is 0 Å². The maximum Gasteiger partial charge on any atom is 0.311 e. The minimum Gasteiger partial charge on any atom is -0.462 e. The van der Waals surface area contributed by atoms with Gasteiger partial charge in [-0.25, -0.2) is 0 Å². The Morgan fingerprint density at radius 2 is 0.951 bits per heavy atom. The quantitative estimate of drug-likeness (QED) is 0.137. The summed E-state index contributed by atoms with van der Waals surface area (Å²) in [6.45, 7) is 28.6. The number of ether oxygens (including phenoxy) is 9. The van der Waals surface area contributed by atoms with E-state index in [0.29, 0.717) is 5.57 Å². The van der Waals surface area contributed by atoms with E-state index >= 15 is 0 Å². The molecule has 0 aromatic rings. The van der Waals surface area contributed by atoms with E-state index in [1.807, 2.05) is 0 Å². The fraction of sp³-hybridized carbons (Fsp3) is 0.800. The van der Waals surface area contributed by atoms with Crippen LogP contribution in [0.3, 0.4) is 0 Å². The van der Waals surface area contributed by atoms with E-state index < -0.39 is 136 Å². The summed E-state index contributed by atoms with van der Waals surface area (Å²) in [6.07, 6.45) is -9.15. The van der Waals surface area contributed by atoms with Crippen LogP contribution in [-0.2, 0) is 76.2 Å². The molecule has 346 valence electrons. The molecule has 0 radical (unpaired) electrons. The van der Waals surface area contributed by atoms with Crippen molar-refractivity contribution in [3.63, 3.8) is 0 Å². The van der Waals surface area contributed by atoms with Gasteiger partial charge in [0.05, 0.1) is 44.8 Å². The third kappa shape index (κ3) is 13.5.